The van der Waals surface area contributed by atoms with Crippen molar-refractivity contribution in [3.63, 3.8) is 0 Å². The first-order chi connectivity index (χ1) is 19.1. The van der Waals surface area contributed by atoms with Crippen LogP contribution in [0.3, 0.4) is 0 Å². The number of hydrogen-bond acceptors (Lipinski definition) is 4. The van der Waals surface area contributed by atoms with Crippen LogP contribution >= 0.6 is 0 Å². The van der Waals surface area contributed by atoms with Crippen molar-refractivity contribution >= 4 is 29.3 Å². The third-order valence-corrected chi connectivity index (χ3v) is 9.82. The summed E-state index contributed by atoms with van der Waals surface area (Å²) >= 11 is 0. The topological polar surface area (TPSA) is 95.0 Å². The van der Waals surface area contributed by atoms with Gasteiger partial charge in [0.05, 0.1) is 12.2 Å². The van der Waals surface area contributed by atoms with Crippen LogP contribution in [0, 0.1) is 29.0 Å². The van der Waals surface area contributed by atoms with Crippen molar-refractivity contribution in [3.8, 4) is 0 Å². The lowest BCUT2D eigenvalue weighted by atomic mass is 9.48. The molecule has 210 valence electrons. The number of fused-ring (bicyclic) bond motifs is 1. The lowest BCUT2D eigenvalue weighted by Crippen LogP contribution is -2.59. The number of carbonyl (C=O) groups excluding carboxylic acids is 3. The minimum Gasteiger partial charge on any atom is -0.480 e. The van der Waals surface area contributed by atoms with E-state index in [2.05, 4.69) is 0 Å². The summed E-state index contributed by atoms with van der Waals surface area (Å²) in [5.41, 5.74) is 0.617. The van der Waals surface area contributed by atoms with Crippen LogP contribution in [-0.4, -0.2) is 45.7 Å². The van der Waals surface area contributed by atoms with E-state index in [1.54, 1.807) is 42.5 Å². The van der Waals surface area contributed by atoms with Crippen LogP contribution in [0.5, 0.6) is 0 Å². The van der Waals surface area contributed by atoms with Crippen molar-refractivity contribution < 1.29 is 28.7 Å². The predicted octanol–water partition coefficient (Wildman–Crippen LogP) is 5.22. The van der Waals surface area contributed by atoms with E-state index in [1.165, 1.54) is 37.2 Å². The summed E-state index contributed by atoms with van der Waals surface area (Å²) in [4.78, 5) is 56.7. The molecule has 8 heteroatoms. The molecule has 0 aromatic heterocycles. The summed E-state index contributed by atoms with van der Waals surface area (Å²) < 4.78 is 14.9. The van der Waals surface area contributed by atoms with Gasteiger partial charge in [-0.1, -0.05) is 30.3 Å². The summed E-state index contributed by atoms with van der Waals surface area (Å²) in [5, 5.41) is 10.3. The highest BCUT2D eigenvalue weighted by Crippen LogP contribution is 2.62. The smallest absolute Gasteiger partial charge is 0.326 e. The molecule has 2 amide bonds. The molecule has 7 rings (SSSR count). The zero-order valence-corrected chi connectivity index (χ0v) is 22.7. The molecule has 4 fully saturated rings. The van der Waals surface area contributed by atoms with Crippen LogP contribution in [0.25, 0.3) is 0 Å². The Morgan fingerprint density at radius 3 is 2.15 bits per heavy atom. The van der Waals surface area contributed by atoms with E-state index < -0.39 is 47.9 Å². The number of halogens is 1. The number of Topliss-reactive ketones (excluding diaryl/α,β-unsaturated/α-hetero) is 1. The molecule has 7 nitrogen and oxygen atoms in total. The SMILES string of the molecule is CC(=O)N1[C@H](CC23CC4CC(CC(C4)C2)C3)C(=O)N(Cc2ccccc2F)c2ccccc2C(=O)C[C@H]1C(=O)O. The second-order valence-corrected chi connectivity index (χ2v) is 12.6. The van der Waals surface area contributed by atoms with Crippen LogP contribution in [0.1, 0.15) is 74.2 Å². The fourth-order valence-corrected chi connectivity index (χ4v) is 8.70. The van der Waals surface area contributed by atoms with Crippen LogP contribution < -0.4 is 4.90 Å². The van der Waals surface area contributed by atoms with E-state index in [9.17, 15) is 28.7 Å². The van der Waals surface area contributed by atoms with Gasteiger partial charge in [0.25, 0.3) is 0 Å². The molecule has 0 spiro atoms. The van der Waals surface area contributed by atoms with Crippen molar-refractivity contribution in [1.82, 2.24) is 4.90 Å². The molecular formula is C32H35FN2O5. The van der Waals surface area contributed by atoms with Gasteiger partial charge in [-0.2, -0.15) is 0 Å². The lowest BCUT2D eigenvalue weighted by molar-refractivity contribution is -0.156. The Hall–Kier alpha value is -3.55. The molecule has 2 aromatic carbocycles. The predicted molar refractivity (Wildman–Crippen MR) is 146 cm³/mol. The maximum atomic E-state index is 14.9. The molecule has 4 aliphatic carbocycles. The number of aliphatic carboxylic acids is 1. The molecule has 1 heterocycles. The number of hydrogen-bond donors (Lipinski definition) is 1. The molecule has 4 bridgehead atoms. The zero-order chi connectivity index (χ0) is 28.2. The number of para-hydroxylation sites is 1. The highest BCUT2D eigenvalue weighted by Gasteiger charge is 2.54. The Labute approximate surface area is 233 Å². The summed E-state index contributed by atoms with van der Waals surface area (Å²) in [6.07, 6.45) is 6.42. The van der Waals surface area contributed by atoms with E-state index in [-0.39, 0.29) is 23.1 Å². The van der Waals surface area contributed by atoms with Gasteiger partial charge in [0.2, 0.25) is 11.8 Å². The maximum Gasteiger partial charge on any atom is 0.326 e. The number of ketones is 1. The van der Waals surface area contributed by atoms with Gasteiger partial charge in [-0.25, -0.2) is 9.18 Å². The quantitative estimate of drug-likeness (QED) is 0.555. The molecule has 0 saturated heterocycles. The number of carboxylic acid groups (broad SMARTS) is 1. The molecule has 40 heavy (non-hydrogen) atoms. The Kier molecular flexibility index (Phi) is 6.75. The fraction of sp³-hybridized carbons (Fsp3) is 0.500. The van der Waals surface area contributed by atoms with Gasteiger partial charge in [-0.15, -0.1) is 0 Å². The van der Waals surface area contributed by atoms with Gasteiger partial charge < -0.3 is 14.9 Å². The largest absolute Gasteiger partial charge is 0.480 e. The highest BCUT2D eigenvalue weighted by molar-refractivity contribution is 6.10. The monoisotopic (exact) mass is 546 g/mol. The highest BCUT2D eigenvalue weighted by atomic mass is 19.1. The van der Waals surface area contributed by atoms with Crippen LogP contribution in [0.4, 0.5) is 10.1 Å². The Balaban J connectivity index is 1.49. The number of anilines is 1. The zero-order valence-electron chi connectivity index (χ0n) is 22.7. The van der Waals surface area contributed by atoms with E-state index in [4.69, 9.17) is 0 Å². The van der Waals surface area contributed by atoms with Crippen molar-refractivity contribution in [2.24, 2.45) is 23.2 Å². The molecule has 1 N–H and O–H groups in total. The number of benzene rings is 2. The Bertz CT molecular complexity index is 1340. The third-order valence-electron chi connectivity index (χ3n) is 9.82. The molecule has 2 atom stereocenters. The number of nitrogens with zero attached hydrogens (tertiary/aromatic N) is 2. The number of amides is 2. The van der Waals surface area contributed by atoms with Crippen LogP contribution in [0.15, 0.2) is 48.5 Å². The van der Waals surface area contributed by atoms with Gasteiger partial charge in [-0.3, -0.25) is 14.4 Å². The van der Waals surface area contributed by atoms with Crippen molar-refractivity contribution in [3.05, 3.63) is 65.5 Å². The Morgan fingerprint density at radius 1 is 0.950 bits per heavy atom. The first-order valence-electron chi connectivity index (χ1n) is 14.3. The standard InChI is InChI=1S/C32H35FN2O5/c1-19(36)35-27(31(39)40)13-29(37)24-7-3-5-9-26(24)34(18-23-6-2-4-8-25(23)33)30(38)28(35)17-32-14-20-10-21(15-32)12-22(11-20)16-32/h2-9,20-22,27-28H,10-18H2,1H3,(H,39,40)/t20?,21?,22?,27-,28+,32?/m0/s1. The molecular weight excluding hydrogens is 511 g/mol. The first kappa shape index (κ1) is 26.7. The van der Waals surface area contributed by atoms with Gasteiger partial charge in [0, 0.05) is 24.5 Å². The van der Waals surface area contributed by atoms with Gasteiger partial charge >= 0.3 is 5.97 Å². The maximum absolute atomic E-state index is 14.9. The van der Waals surface area contributed by atoms with E-state index in [0.29, 0.717) is 29.9 Å². The molecule has 0 radical (unpaired) electrons. The average Bonchev–Trinajstić information content (AvgIpc) is 2.93. The molecule has 4 saturated carbocycles. The van der Waals surface area contributed by atoms with Crippen molar-refractivity contribution in [1.29, 1.82) is 0 Å². The lowest BCUT2D eigenvalue weighted by Gasteiger charge is -2.58. The molecule has 0 unspecified atom stereocenters. The summed E-state index contributed by atoms with van der Waals surface area (Å²) in [5.74, 6) is -1.52. The number of rotatable bonds is 5. The summed E-state index contributed by atoms with van der Waals surface area (Å²) in [6.45, 7) is 1.13. The second-order valence-electron chi connectivity index (χ2n) is 12.6. The van der Waals surface area contributed by atoms with Gasteiger partial charge in [0.1, 0.15) is 17.9 Å². The Morgan fingerprint density at radius 2 is 1.55 bits per heavy atom. The average molecular weight is 547 g/mol. The minimum atomic E-state index is -1.48. The van der Waals surface area contributed by atoms with Crippen molar-refractivity contribution in [2.75, 3.05) is 4.90 Å². The van der Waals surface area contributed by atoms with Gasteiger partial charge in [-0.05, 0) is 86.3 Å². The van der Waals surface area contributed by atoms with Crippen molar-refractivity contribution in [2.45, 2.75) is 76.9 Å². The summed E-state index contributed by atoms with van der Waals surface area (Å²) in [7, 11) is 0. The van der Waals surface area contributed by atoms with Crippen LogP contribution in [-0.2, 0) is 20.9 Å². The first-order valence-corrected chi connectivity index (χ1v) is 14.3. The molecule has 1 aliphatic heterocycles. The van der Waals surface area contributed by atoms with Crippen LogP contribution in [0.2, 0.25) is 0 Å². The number of carbonyl (C=O) groups is 4. The van der Waals surface area contributed by atoms with E-state index in [1.807, 2.05) is 0 Å². The van der Waals surface area contributed by atoms with E-state index in [0.717, 1.165) is 24.2 Å². The second kappa shape index (κ2) is 10.1. The van der Waals surface area contributed by atoms with Gasteiger partial charge in [0.15, 0.2) is 5.78 Å². The molecule has 2 aromatic rings. The summed E-state index contributed by atoms with van der Waals surface area (Å²) in [6, 6.07) is 10.2. The number of carboxylic acids is 1. The normalized spacial score (nSPS) is 31.4. The van der Waals surface area contributed by atoms with E-state index >= 15 is 0 Å². The minimum absolute atomic E-state index is 0.142. The third kappa shape index (κ3) is 4.71. The molecule has 5 aliphatic rings. The fourth-order valence-electron chi connectivity index (χ4n) is 8.70.